The fourth-order valence-electron chi connectivity index (χ4n) is 9.32. The van der Waals surface area contributed by atoms with Gasteiger partial charge >= 0.3 is 0 Å². The van der Waals surface area contributed by atoms with Crippen LogP contribution in [-0.4, -0.2) is 13.2 Å². The molecule has 10 aromatic rings. The van der Waals surface area contributed by atoms with Gasteiger partial charge in [-0.15, -0.1) is 0 Å². The number of nitrogens with zero attached hydrogens (tertiary/aromatic N) is 2. The Balaban J connectivity index is 0.811. The van der Waals surface area contributed by atoms with Crippen LogP contribution in [0.1, 0.15) is 44.5 Å². The number of anilines is 6. The number of rotatable bonds is 21. The van der Waals surface area contributed by atoms with E-state index in [1.54, 1.807) is 0 Å². The molecule has 10 aromatic carbocycles. The van der Waals surface area contributed by atoms with Crippen molar-refractivity contribution in [3.8, 4) is 0 Å². The fraction of sp³-hybridized carbons (Fsp3) is 0.118. The van der Waals surface area contributed by atoms with Gasteiger partial charge in [-0.25, -0.2) is 0 Å². The van der Waals surface area contributed by atoms with Crippen molar-refractivity contribution in [2.75, 3.05) is 23.0 Å². The third-order valence-electron chi connectivity index (χ3n) is 13.5. The highest BCUT2D eigenvalue weighted by molar-refractivity contribution is 5.90. The van der Waals surface area contributed by atoms with Crippen molar-refractivity contribution < 1.29 is 9.47 Å². The molecule has 0 radical (unpaired) electrons. The maximum atomic E-state index is 6.06. The summed E-state index contributed by atoms with van der Waals surface area (Å²) in [5.41, 5.74) is 16.4. The van der Waals surface area contributed by atoms with Gasteiger partial charge in [0.1, 0.15) is 0 Å². The second kappa shape index (κ2) is 23.1. The van der Waals surface area contributed by atoms with Crippen LogP contribution in [0.3, 0.4) is 0 Å². The van der Waals surface area contributed by atoms with Gasteiger partial charge in [0.2, 0.25) is 0 Å². The third-order valence-corrected chi connectivity index (χ3v) is 13.5. The monoisotopic (exact) mass is 936 g/mol. The lowest BCUT2D eigenvalue weighted by molar-refractivity contribution is 0.124. The number of hydrogen-bond donors (Lipinski definition) is 0. The van der Waals surface area contributed by atoms with Gasteiger partial charge in [0.25, 0.3) is 0 Å². The zero-order chi connectivity index (χ0) is 48.9. The maximum absolute atomic E-state index is 6.06. The van der Waals surface area contributed by atoms with Gasteiger partial charge in [-0.05, 0) is 165 Å². The van der Waals surface area contributed by atoms with Crippen LogP contribution in [0, 0.1) is 0 Å². The summed E-state index contributed by atoms with van der Waals surface area (Å²) in [6, 6.07) is 83.4. The van der Waals surface area contributed by atoms with E-state index in [4.69, 9.17) is 9.47 Å². The summed E-state index contributed by atoms with van der Waals surface area (Å²) in [6.07, 6.45) is 7.29. The van der Waals surface area contributed by atoms with Crippen molar-refractivity contribution in [2.24, 2.45) is 0 Å². The second-order valence-corrected chi connectivity index (χ2v) is 18.4. The van der Waals surface area contributed by atoms with E-state index >= 15 is 0 Å². The number of ether oxygens (including phenoxy) is 2. The standard InChI is InChI=1S/C68H60N2O2/c1-3-51-13-19-57(20-14-51)49-71-45-43-55-27-37-65(38-28-55)69(67-41-31-59-9-5-7-11-61(59)47-67)63-33-23-53(24-34-63)17-18-54-25-35-64(36-26-54)70(68-42-32-60-10-6-8-12-62(60)48-68)66-39-29-56(30-40-66)44-46-72-50-58-21-15-52(4-2)16-22-58/h3-16,19-42,47-48H,1-2,17-18,43-46,49-50H2. The third kappa shape index (κ3) is 11.8. The van der Waals surface area contributed by atoms with Gasteiger partial charge in [0.15, 0.2) is 0 Å². The number of aryl methyl sites for hydroxylation is 2. The summed E-state index contributed by atoms with van der Waals surface area (Å²) in [6.45, 7) is 10.2. The minimum Gasteiger partial charge on any atom is -0.376 e. The average Bonchev–Trinajstić information content (AvgIpc) is 3.44. The Bertz CT molecular complexity index is 3130. The molecule has 72 heavy (non-hydrogen) atoms. The Labute approximate surface area is 425 Å². The average molecular weight is 937 g/mol. The minimum absolute atomic E-state index is 0.598. The molecule has 354 valence electrons. The van der Waals surface area contributed by atoms with Gasteiger partial charge in [0, 0.05) is 34.1 Å². The highest BCUT2D eigenvalue weighted by atomic mass is 16.5. The molecule has 0 unspecified atom stereocenters. The first kappa shape index (κ1) is 47.4. The van der Waals surface area contributed by atoms with E-state index in [9.17, 15) is 0 Å². The maximum Gasteiger partial charge on any atom is 0.0717 e. The molecular formula is C68H60N2O2. The lowest BCUT2D eigenvalue weighted by Gasteiger charge is -2.26. The normalized spacial score (nSPS) is 11.2. The molecule has 10 rings (SSSR count). The zero-order valence-corrected chi connectivity index (χ0v) is 40.9. The molecule has 0 saturated carbocycles. The quantitative estimate of drug-likeness (QED) is 0.0670. The van der Waals surface area contributed by atoms with E-state index in [-0.39, 0.29) is 0 Å². The summed E-state index contributed by atoms with van der Waals surface area (Å²) in [4.78, 5) is 4.72. The van der Waals surface area contributed by atoms with Crippen LogP contribution in [0.4, 0.5) is 34.1 Å². The number of benzene rings is 10. The van der Waals surface area contributed by atoms with Crippen molar-refractivity contribution >= 4 is 67.8 Å². The van der Waals surface area contributed by atoms with E-state index in [1.165, 1.54) is 54.9 Å². The topological polar surface area (TPSA) is 24.9 Å². The lowest BCUT2D eigenvalue weighted by Crippen LogP contribution is -2.10. The molecule has 0 bridgehead atoms. The number of fused-ring (bicyclic) bond motifs is 2. The predicted octanol–water partition coefficient (Wildman–Crippen LogP) is 17.5. The molecule has 0 aliphatic carbocycles. The molecule has 0 fully saturated rings. The summed E-state index contributed by atoms with van der Waals surface area (Å²) >= 11 is 0. The molecule has 4 nitrogen and oxygen atoms in total. The first-order valence-electron chi connectivity index (χ1n) is 25.1. The van der Waals surface area contributed by atoms with Crippen molar-refractivity contribution in [3.63, 3.8) is 0 Å². The lowest BCUT2D eigenvalue weighted by atomic mass is 10.0. The molecule has 0 saturated heterocycles. The largest absolute Gasteiger partial charge is 0.376 e. The molecule has 0 heterocycles. The number of hydrogen-bond acceptors (Lipinski definition) is 4. The Hall–Kier alpha value is -8.28. The Morgan fingerprint density at radius 2 is 0.583 bits per heavy atom. The van der Waals surface area contributed by atoms with Crippen molar-refractivity contribution in [2.45, 2.75) is 38.9 Å². The zero-order valence-electron chi connectivity index (χ0n) is 40.9. The molecule has 0 atom stereocenters. The van der Waals surface area contributed by atoms with Crippen LogP contribution < -0.4 is 9.80 Å². The fourth-order valence-corrected chi connectivity index (χ4v) is 9.32. The molecule has 0 N–H and O–H groups in total. The van der Waals surface area contributed by atoms with E-state index in [1.807, 2.05) is 12.2 Å². The van der Waals surface area contributed by atoms with Crippen LogP contribution in [0.15, 0.2) is 244 Å². The highest BCUT2D eigenvalue weighted by Gasteiger charge is 2.16. The van der Waals surface area contributed by atoms with Gasteiger partial charge in [0.05, 0.1) is 26.4 Å². The van der Waals surface area contributed by atoms with Gasteiger partial charge in [-0.1, -0.05) is 183 Å². The highest BCUT2D eigenvalue weighted by Crippen LogP contribution is 2.38. The summed E-state index contributed by atoms with van der Waals surface area (Å²) < 4.78 is 12.1. The SMILES string of the molecule is C=Cc1ccc(COCCc2ccc(N(c3ccc(CCc4ccc(N(c5ccc(CCOCc6ccc(C=C)cc6)cc5)c5ccc6ccccc6c5)cc4)cc3)c3ccc4ccccc4c3)cc2)cc1. The predicted molar refractivity (Wildman–Crippen MR) is 304 cm³/mol. The van der Waals surface area contributed by atoms with Crippen LogP contribution >= 0.6 is 0 Å². The molecule has 0 aliphatic heterocycles. The smallest absolute Gasteiger partial charge is 0.0717 e. The molecule has 0 aromatic heterocycles. The van der Waals surface area contributed by atoms with E-state index < -0.39 is 0 Å². The van der Waals surface area contributed by atoms with E-state index in [2.05, 4.69) is 253 Å². The van der Waals surface area contributed by atoms with Crippen molar-refractivity contribution in [1.29, 1.82) is 0 Å². The Morgan fingerprint density at radius 1 is 0.292 bits per heavy atom. The van der Waals surface area contributed by atoms with Crippen LogP contribution in [0.2, 0.25) is 0 Å². The summed E-state index contributed by atoms with van der Waals surface area (Å²) in [5.74, 6) is 0. The van der Waals surface area contributed by atoms with E-state index in [0.717, 1.165) is 70.9 Å². The molecule has 0 aliphatic rings. The Morgan fingerprint density at radius 3 is 0.917 bits per heavy atom. The van der Waals surface area contributed by atoms with Gasteiger partial charge < -0.3 is 19.3 Å². The van der Waals surface area contributed by atoms with Crippen LogP contribution in [-0.2, 0) is 48.4 Å². The van der Waals surface area contributed by atoms with Gasteiger partial charge in [-0.3, -0.25) is 0 Å². The van der Waals surface area contributed by atoms with E-state index in [0.29, 0.717) is 26.4 Å². The van der Waals surface area contributed by atoms with Crippen LogP contribution in [0.25, 0.3) is 33.7 Å². The summed E-state index contributed by atoms with van der Waals surface area (Å²) in [7, 11) is 0. The summed E-state index contributed by atoms with van der Waals surface area (Å²) in [5, 5.41) is 4.89. The van der Waals surface area contributed by atoms with Crippen molar-refractivity contribution in [3.05, 3.63) is 288 Å². The van der Waals surface area contributed by atoms with Crippen molar-refractivity contribution in [1.82, 2.24) is 0 Å². The molecule has 4 heteroatoms. The minimum atomic E-state index is 0.598. The Kier molecular flexibility index (Phi) is 15.2. The first-order chi connectivity index (χ1) is 35.5. The molecule has 0 spiro atoms. The second-order valence-electron chi connectivity index (χ2n) is 18.4. The molecular weight excluding hydrogens is 877 g/mol. The first-order valence-corrected chi connectivity index (χ1v) is 25.1. The van der Waals surface area contributed by atoms with Gasteiger partial charge in [-0.2, -0.15) is 0 Å². The molecule has 0 amide bonds. The van der Waals surface area contributed by atoms with Crippen LogP contribution in [0.5, 0.6) is 0 Å².